The molecule has 0 aromatic rings. The van der Waals surface area contributed by atoms with Crippen molar-refractivity contribution < 1.29 is 22.7 Å². The Labute approximate surface area is 129 Å². The molecule has 2 heterocycles. The molecule has 4 nitrogen and oxygen atoms in total. The molecule has 0 unspecified atom stereocenters. The highest BCUT2D eigenvalue weighted by atomic mass is 19.4. The second-order valence-electron chi connectivity index (χ2n) is 6.64. The molecular weight excluding hydrogens is 297 g/mol. The number of amides is 1. The fourth-order valence-corrected chi connectivity index (χ4v) is 3.12. The summed E-state index contributed by atoms with van der Waals surface area (Å²) in [5.41, 5.74) is 0. The lowest BCUT2D eigenvalue weighted by molar-refractivity contribution is -0.159. The van der Waals surface area contributed by atoms with Crippen LogP contribution in [0.1, 0.15) is 33.1 Å². The molecule has 2 saturated heterocycles. The van der Waals surface area contributed by atoms with Gasteiger partial charge in [0.2, 0.25) is 5.91 Å². The molecule has 2 aliphatic rings. The Bertz CT molecular complexity index is 379. The minimum Gasteiger partial charge on any atom is -0.378 e. The fraction of sp³-hybridized carbons (Fsp3) is 0.933. The van der Waals surface area contributed by atoms with E-state index in [-0.39, 0.29) is 24.6 Å². The van der Waals surface area contributed by atoms with E-state index in [4.69, 9.17) is 4.74 Å². The van der Waals surface area contributed by atoms with E-state index >= 15 is 0 Å². The third kappa shape index (κ3) is 4.84. The summed E-state index contributed by atoms with van der Waals surface area (Å²) in [5, 5.41) is 0. The van der Waals surface area contributed by atoms with Gasteiger partial charge in [-0.1, -0.05) is 13.8 Å². The summed E-state index contributed by atoms with van der Waals surface area (Å²) >= 11 is 0. The van der Waals surface area contributed by atoms with Crippen LogP contribution in [0.4, 0.5) is 13.2 Å². The standard InChI is InChI=1S/C15H25F3N2O2/c1-11(2)9-22-12-3-6-19(7-4-12)13-5-8-20(14(13)21)10-15(16,17)18/h11-13H,3-10H2,1-2H3/t13-/m0/s1. The average Bonchev–Trinajstić information content (AvgIpc) is 2.77. The van der Waals surface area contributed by atoms with Gasteiger partial charge < -0.3 is 9.64 Å². The summed E-state index contributed by atoms with van der Waals surface area (Å²) in [6, 6.07) is -0.381. The molecule has 0 aromatic heterocycles. The quantitative estimate of drug-likeness (QED) is 0.778. The molecular formula is C15H25F3N2O2. The molecule has 0 radical (unpaired) electrons. The van der Waals surface area contributed by atoms with Crippen LogP contribution in [0.15, 0.2) is 0 Å². The molecule has 1 amide bonds. The minimum absolute atomic E-state index is 0.201. The Morgan fingerprint density at radius 3 is 2.36 bits per heavy atom. The first-order valence-corrected chi connectivity index (χ1v) is 7.97. The molecule has 0 bridgehead atoms. The number of piperidine rings is 1. The SMILES string of the molecule is CC(C)COC1CCN([C@H]2CCN(CC(F)(F)F)C2=O)CC1. The van der Waals surface area contributed by atoms with Gasteiger partial charge in [-0.05, 0) is 25.2 Å². The van der Waals surface area contributed by atoms with Gasteiger partial charge >= 0.3 is 6.18 Å². The third-order valence-corrected chi connectivity index (χ3v) is 4.22. The summed E-state index contributed by atoms with van der Waals surface area (Å²) in [6.45, 7) is 5.44. The van der Waals surface area contributed by atoms with Crippen LogP contribution in [0.5, 0.6) is 0 Å². The first kappa shape index (κ1) is 17.5. The van der Waals surface area contributed by atoms with Crippen molar-refractivity contribution >= 4 is 5.91 Å². The fourth-order valence-electron chi connectivity index (χ4n) is 3.12. The molecule has 128 valence electrons. The highest BCUT2D eigenvalue weighted by molar-refractivity contribution is 5.84. The van der Waals surface area contributed by atoms with Gasteiger partial charge in [0.25, 0.3) is 0 Å². The van der Waals surface area contributed by atoms with Crippen molar-refractivity contribution in [2.45, 2.75) is 51.4 Å². The lowest BCUT2D eigenvalue weighted by atomic mass is 10.0. The Hall–Kier alpha value is -0.820. The van der Waals surface area contributed by atoms with Gasteiger partial charge in [-0.25, -0.2) is 0 Å². The molecule has 0 saturated carbocycles. The molecule has 0 spiro atoms. The summed E-state index contributed by atoms with van der Waals surface area (Å²) in [4.78, 5) is 15.1. The van der Waals surface area contributed by atoms with Crippen molar-refractivity contribution in [3.8, 4) is 0 Å². The summed E-state index contributed by atoms with van der Waals surface area (Å²) in [7, 11) is 0. The first-order chi connectivity index (χ1) is 10.3. The third-order valence-electron chi connectivity index (χ3n) is 4.22. The van der Waals surface area contributed by atoms with Crippen molar-refractivity contribution in [3.05, 3.63) is 0 Å². The van der Waals surface area contributed by atoms with Crippen LogP contribution in [0.2, 0.25) is 0 Å². The predicted molar refractivity (Wildman–Crippen MR) is 76.4 cm³/mol. The van der Waals surface area contributed by atoms with Crippen LogP contribution >= 0.6 is 0 Å². The second kappa shape index (κ2) is 7.17. The van der Waals surface area contributed by atoms with Crippen molar-refractivity contribution in [2.24, 2.45) is 5.92 Å². The van der Waals surface area contributed by atoms with Gasteiger partial charge in [0.15, 0.2) is 0 Å². The van der Waals surface area contributed by atoms with E-state index in [1.54, 1.807) is 0 Å². The van der Waals surface area contributed by atoms with Gasteiger partial charge in [0.1, 0.15) is 6.54 Å². The number of halogens is 3. The van der Waals surface area contributed by atoms with Crippen molar-refractivity contribution in [1.29, 1.82) is 0 Å². The maximum atomic E-state index is 12.4. The number of alkyl halides is 3. The van der Waals surface area contributed by atoms with Crippen LogP contribution in [0, 0.1) is 5.92 Å². The average molecular weight is 322 g/mol. The van der Waals surface area contributed by atoms with Crippen molar-refractivity contribution in [3.63, 3.8) is 0 Å². The molecule has 2 aliphatic heterocycles. The van der Waals surface area contributed by atoms with Gasteiger partial charge in [-0.2, -0.15) is 13.2 Å². The number of carbonyl (C=O) groups is 1. The first-order valence-electron chi connectivity index (χ1n) is 7.97. The van der Waals surface area contributed by atoms with E-state index in [0.29, 0.717) is 12.3 Å². The van der Waals surface area contributed by atoms with E-state index in [1.165, 1.54) is 0 Å². The van der Waals surface area contributed by atoms with Crippen LogP contribution in [-0.2, 0) is 9.53 Å². The molecule has 2 rings (SSSR count). The number of hydrogen-bond acceptors (Lipinski definition) is 3. The Morgan fingerprint density at radius 1 is 1.18 bits per heavy atom. The van der Waals surface area contributed by atoms with Gasteiger partial charge in [-0.3, -0.25) is 9.69 Å². The van der Waals surface area contributed by atoms with Crippen molar-refractivity contribution in [2.75, 3.05) is 32.8 Å². The highest BCUT2D eigenvalue weighted by Crippen LogP contribution is 2.26. The zero-order valence-corrected chi connectivity index (χ0v) is 13.2. The number of hydrogen-bond donors (Lipinski definition) is 0. The lowest BCUT2D eigenvalue weighted by Crippen LogP contribution is -2.48. The minimum atomic E-state index is -4.32. The van der Waals surface area contributed by atoms with Crippen LogP contribution < -0.4 is 0 Å². The van der Waals surface area contributed by atoms with Crippen molar-refractivity contribution in [1.82, 2.24) is 9.80 Å². The van der Waals surface area contributed by atoms with E-state index in [0.717, 1.165) is 37.4 Å². The maximum Gasteiger partial charge on any atom is 0.406 e. The van der Waals surface area contributed by atoms with E-state index < -0.39 is 12.7 Å². The summed E-state index contributed by atoms with van der Waals surface area (Å²) < 4.78 is 43.1. The van der Waals surface area contributed by atoms with Crippen LogP contribution in [-0.4, -0.2) is 66.8 Å². The zero-order valence-electron chi connectivity index (χ0n) is 13.2. The van der Waals surface area contributed by atoms with Gasteiger partial charge in [-0.15, -0.1) is 0 Å². The van der Waals surface area contributed by atoms with E-state index in [9.17, 15) is 18.0 Å². The molecule has 1 atom stereocenters. The molecule has 7 heteroatoms. The van der Waals surface area contributed by atoms with Gasteiger partial charge in [0, 0.05) is 26.2 Å². The largest absolute Gasteiger partial charge is 0.406 e. The Morgan fingerprint density at radius 2 is 1.82 bits per heavy atom. The molecule has 2 fully saturated rings. The molecule has 0 aliphatic carbocycles. The molecule has 0 aromatic carbocycles. The Kier molecular flexibility index (Phi) is 5.71. The number of rotatable bonds is 5. The van der Waals surface area contributed by atoms with E-state index in [1.807, 2.05) is 4.90 Å². The van der Waals surface area contributed by atoms with Gasteiger partial charge in [0.05, 0.1) is 12.1 Å². The topological polar surface area (TPSA) is 32.8 Å². The maximum absolute atomic E-state index is 12.4. The van der Waals surface area contributed by atoms with Crippen LogP contribution in [0.3, 0.4) is 0 Å². The number of nitrogens with zero attached hydrogens (tertiary/aromatic N) is 2. The monoisotopic (exact) mass is 322 g/mol. The Balaban J connectivity index is 1.79. The smallest absolute Gasteiger partial charge is 0.378 e. The number of carbonyl (C=O) groups excluding carboxylic acids is 1. The lowest BCUT2D eigenvalue weighted by Gasteiger charge is -2.35. The van der Waals surface area contributed by atoms with E-state index in [2.05, 4.69) is 13.8 Å². The normalized spacial score (nSPS) is 25.5. The second-order valence-corrected chi connectivity index (χ2v) is 6.64. The molecule has 0 N–H and O–H groups in total. The predicted octanol–water partition coefficient (Wildman–Crippen LogP) is 2.29. The highest BCUT2D eigenvalue weighted by Gasteiger charge is 2.42. The molecule has 22 heavy (non-hydrogen) atoms. The number of likely N-dealkylation sites (tertiary alicyclic amines) is 2. The summed E-state index contributed by atoms with van der Waals surface area (Å²) in [5.74, 6) is 0.115. The zero-order chi connectivity index (χ0) is 16.3. The summed E-state index contributed by atoms with van der Waals surface area (Å²) in [6.07, 6.45) is -1.93. The number of ether oxygens (including phenoxy) is 1. The van der Waals surface area contributed by atoms with Crippen LogP contribution in [0.25, 0.3) is 0 Å².